The highest BCUT2D eigenvalue weighted by molar-refractivity contribution is 6.00. The van der Waals surface area contributed by atoms with E-state index in [1.165, 1.54) is 18.2 Å². The lowest BCUT2D eigenvalue weighted by atomic mass is 9.96. The number of benzene rings is 3. The van der Waals surface area contributed by atoms with Crippen LogP contribution in [0.2, 0.25) is 0 Å². The normalized spacial score (nSPS) is 13.4. The predicted molar refractivity (Wildman–Crippen MR) is 157 cm³/mol. The van der Waals surface area contributed by atoms with Crippen molar-refractivity contribution in [3.8, 4) is 17.2 Å². The molecule has 0 aromatic heterocycles. The van der Waals surface area contributed by atoms with Gasteiger partial charge in [-0.1, -0.05) is 30.3 Å². The highest BCUT2D eigenvalue weighted by Crippen LogP contribution is 2.26. The molecule has 0 aliphatic carbocycles. The molecule has 222 valence electrons. The van der Waals surface area contributed by atoms with Gasteiger partial charge in [0, 0.05) is 13.1 Å². The molecule has 0 bridgehead atoms. The fourth-order valence-electron chi connectivity index (χ4n) is 4.77. The second-order valence-electron chi connectivity index (χ2n) is 10.2. The largest absolute Gasteiger partial charge is 0.494 e. The third-order valence-corrected chi connectivity index (χ3v) is 7.20. The maximum Gasteiger partial charge on any atom is 0.335 e. The van der Waals surface area contributed by atoms with E-state index in [0.717, 1.165) is 36.3 Å². The van der Waals surface area contributed by atoms with Gasteiger partial charge in [0.05, 0.1) is 36.9 Å². The van der Waals surface area contributed by atoms with E-state index in [1.54, 1.807) is 4.90 Å². The number of rotatable bonds is 15. The Morgan fingerprint density at radius 1 is 0.738 bits per heavy atom. The van der Waals surface area contributed by atoms with Crippen LogP contribution in [0, 0.1) is 5.92 Å². The lowest BCUT2D eigenvalue weighted by molar-refractivity contribution is -0.143. The number of carbonyl (C=O) groups excluding carboxylic acids is 1. The van der Waals surface area contributed by atoms with Crippen molar-refractivity contribution >= 4 is 17.8 Å². The number of aromatic carboxylic acids is 1. The Hall–Kier alpha value is -4.53. The van der Waals surface area contributed by atoms with Crippen molar-refractivity contribution < 1.29 is 38.8 Å². The number of nitrogens with zero attached hydrogens (tertiary/aromatic N) is 1. The predicted octanol–water partition coefficient (Wildman–Crippen LogP) is 5.57. The molecule has 0 radical (unpaired) electrons. The van der Waals surface area contributed by atoms with Gasteiger partial charge in [-0.05, 0) is 86.6 Å². The minimum absolute atomic E-state index is 0.00560. The Morgan fingerprint density at radius 2 is 1.36 bits per heavy atom. The molecule has 0 unspecified atom stereocenters. The molecule has 0 atom stereocenters. The number of amides is 1. The van der Waals surface area contributed by atoms with Crippen LogP contribution in [0.5, 0.6) is 17.2 Å². The number of carboxylic acid groups (broad SMARTS) is 2. The number of unbranched alkanes of at least 4 members (excludes halogenated alkanes) is 1. The average Bonchev–Trinajstić information content (AvgIpc) is 3.01. The van der Waals surface area contributed by atoms with E-state index in [9.17, 15) is 24.6 Å². The first kappa shape index (κ1) is 30.4. The van der Waals surface area contributed by atoms with E-state index in [4.69, 9.17) is 14.2 Å². The zero-order valence-corrected chi connectivity index (χ0v) is 23.6. The van der Waals surface area contributed by atoms with Crippen molar-refractivity contribution in [2.24, 2.45) is 5.92 Å². The van der Waals surface area contributed by atoms with Crippen LogP contribution in [0.3, 0.4) is 0 Å². The summed E-state index contributed by atoms with van der Waals surface area (Å²) in [5.74, 6) is -0.806. The second kappa shape index (κ2) is 15.5. The van der Waals surface area contributed by atoms with E-state index in [1.807, 2.05) is 54.6 Å². The summed E-state index contributed by atoms with van der Waals surface area (Å²) in [5.41, 5.74) is 1.30. The average molecular weight is 576 g/mol. The summed E-state index contributed by atoms with van der Waals surface area (Å²) in [4.78, 5) is 37.6. The highest BCUT2D eigenvalue weighted by Gasteiger charge is 2.29. The van der Waals surface area contributed by atoms with Crippen molar-refractivity contribution in [3.63, 3.8) is 0 Å². The van der Waals surface area contributed by atoms with E-state index < -0.39 is 17.9 Å². The summed E-state index contributed by atoms with van der Waals surface area (Å²) in [6, 6.07) is 21.9. The van der Waals surface area contributed by atoms with Gasteiger partial charge in [-0.3, -0.25) is 9.59 Å². The number of aliphatic carboxylic acids is 1. The molecular formula is C33H37NO8. The van der Waals surface area contributed by atoms with Gasteiger partial charge in [-0.15, -0.1) is 0 Å². The lowest BCUT2D eigenvalue weighted by Gasteiger charge is -2.30. The molecule has 42 heavy (non-hydrogen) atoms. The van der Waals surface area contributed by atoms with Crippen molar-refractivity contribution in [1.29, 1.82) is 0 Å². The summed E-state index contributed by atoms with van der Waals surface area (Å²) in [5, 5.41) is 18.7. The molecule has 9 heteroatoms. The van der Waals surface area contributed by atoms with Gasteiger partial charge in [0.15, 0.2) is 0 Å². The van der Waals surface area contributed by atoms with E-state index in [-0.39, 0.29) is 17.0 Å². The first-order chi connectivity index (χ1) is 20.4. The highest BCUT2D eigenvalue weighted by atomic mass is 16.5. The molecule has 4 rings (SSSR count). The number of aryl methyl sites for hydroxylation is 1. The molecule has 2 N–H and O–H groups in total. The standard InChI is InChI=1S/C33H37NO8/c35-31(34-18-16-25(17-19-34)32(36)37)29-23-26(33(38)39)12-15-30(29)42-22-6-7-24-10-13-28(14-11-24)41-21-5-4-20-40-27-8-2-1-3-9-27/h1-3,8-15,23,25H,4-7,16-22H2,(H,36,37)(H,38,39). The fraction of sp³-hybridized carbons (Fsp3) is 0.364. The Morgan fingerprint density at radius 3 is 1.98 bits per heavy atom. The zero-order valence-electron chi connectivity index (χ0n) is 23.6. The van der Waals surface area contributed by atoms with E-state index in [0.29, 0.717) is 57.9 Å². The third kappa shape index (κ3) is 8.99. The number of hydrogen-bond donors (Lipinski definition) is 2. The van der Waals surface area contributed by atoms with Gasteiger partial charge < -0.3 is 29.3 Å². The maximum absolute atomic E-state index is 13.2. The van der Waals surface area contributed by atoms with Crippen LogP contribution in [0.25, 0.3) is 0 Å². The molecule has 0 spiro atoms. The van der Waals surface area contributed by atoms with Crippen molar-refractivity contribution in [2.45, 2.75) is 38.5 Å². The van der Waals surface area contributed by atoms with Crippen LogP contribution in [0.1, 0.15) is 58.4 Å². The summed E-state index contributed by atoms with van der Waals surface area (Å²) in [6.07, 6.45) is 3.98. The molecule has 1 heterocycles. The van der Waals surface area contributed by atoms with E-state index >= 15 is 0 Å². The minimum Gasteiger partial charge on any atom is -0.494 e. The topological polar surface area (TPSA) is 123 Å². The monoisotopic (exact) mass is 575 g/mol. The number of carboxylic acids is 2. The molecular weight excluding hydrogens is 538 g/mol. The van der Waals surface area contributed by atoms with Gasteiger partial charge in [0.2, 0.25) is 0 Å². The maximum atomic E-state index is 13.2. The molecule has 1 fully saturated rings. The number of carbonyl (C=O) groups is 3. The van der Waals surface area contributed by atoms with Crippen molar-refractivity contribution in [1.82, 2.24) is 4.90 Å². The number of ether oxygens (including phenoxy) is 3. The van der Waals surface area contributed by atoms with Gasteiger partial charge in [-0.25, -0.2) is 4.79 Å². The number of hydrogen-bond acceptors (Lipinski definition) is 6. The molecule has 1 aliphatic rings. The Bertz CT molecular complexity index is 1320. The number of para-hydroxylation sites is 1. The van der Waals surface area contributed by atoms with E-state index in [2.05, 4.69) is 0 Å². The van der Waals surface area contributed by atoms with Crippen LogP contribution in [-0.2, 0) is 11.2 Å². The Kier molecular flexibility index (Phi) is 11.2. The molecule has 1 aliphatic heterocycles. The molecule has 1 amide bonds. The summed E-state index contributed by atoms with van der Waals surface area (Å²) < 4.78 is 17.5. The summed E-state index contributed by atoms with van der Waals surface area (Å²) in [6.45, 7) is 2.21. The zero-order chi connectivity index (χ0) is 29.7. The first-order valence-corrected chi connectivity index (χ1v) is 14.3. The molecule has 0 saturated carbocycles. The van der Waals surface area contributed by atoms with Crippen molar-refractivity contribution in [3.05, 3.63) is 89.5 Å². The van der Waals surface area contributed by atoms with Crippen LogP contribution in [-0.4, -0.2) is 65.9 Å². The Balaban J connectivity index is 1.20. The van der Waals surface area contributed by atoms with Gasteiger partial charge in [0.1, 0.15) is 17.2 Å². The van der Waals surface area contributed by atoms with Crippen LogP contribution < -0.4 is 14.2 Å². The SMILES string of the molecule is O=C(O)c1ccc(OCCCc2ccc(OCCCCOc3ccccc3)cc2)c(C(=O)N2CCC(C(=O)O)CC2)c1. The number of likely N-dealkylation sites (tertiary alicyclic amines) is 1. The third-order valence-electron chi connectivity index (χ3n) is 7.20. The molecule has 1 saturated heterocycles. The molecule has 9 nitrogen and oxygen atoms in total. The van der Waals surface area contributed by atoms with Crippen LogP contribution in [0.15, 0.2) is 72.8 Å². The first-order valence-electron chi connectivity index (χ1n) is 14.3. The number of piperidine rings is 1. The summed E-state index contributed by atoms with van der Waals surface area (Å²) in [7, 11) is 0. The minimum atomic E-state index is -1.13. The fourth-order valence-corrected chi connectivity index (χ4v) is 4.77. The van der Waals surface area contributed by atoms with Crippen LogP contribution in [0.4, 0.5) is 0 Å². The molecule has 3 aromatic carbocycles. The quantitative estimate of drug-likeness (QED) is 0.226. The summed E-state index contributed by atoms with van der Waals surface area (Å²) >= 11 is 0. The lowest BCUT2D eigenvalue weighted by Crippen LogP contribution is -2.40. The van der Waals surface area contributed by atoms with Crippen molar-refractivity contribution in [2.75, 3.05) is 32.9 Å². The Labute approximate surface area is 245 Å². The van der Waals surface area contributed by atoms with Gasteiger partial charge in [0.25, 0.3) is 5.91 Å². The van der Waals surface area contributed by atoms with Gasteiger partial charge >= 0.3 is 11.9 Å². The smallest absolute Gasteiger partial charge is 0.335 e. The van der Waals surface area contributed by atoms with Gasteiger partial charge in [-0.2, -0.15) is 0 Å². The molecule has 3 aromatic rings. The second-order valence-corrected chi connectivity index (χ2v) is 10.2. The van der Waals surface area contributed by atoms with Crippen LogP contribution >= 0.6 is 0 Å².